The van der Waals surface area contributed by atoms with Gasteiger partial charge in [-0.1, -0.05) is 12.1 Å². The predicted molar refractivity (Wildman–Crippen MR) is 97.6 cm³/mol. The number of halogens is 3. The van der Waals surface area contributed by atoms with Crippen molar-refractivity contribution in [3.63, 3.8) is 0 Å². The van der Waals surface area contributed by atoms with Gasteiger partial charge in [0.2, 0.25) is 0 Å². The number of fused-ring (bicyclic) bond motifs is 1. The highest BCUT2D eigenvalue weighted by Crippen LogP contribution is 2.35. The molecule has 0 spiro atoms. The van der Waals surface area contributed by atoms with Gasteiger partial charge in [-0.3, -0.25) is 4.79 Å². The van der Waals surface area contributed by atoms with Crippen LogP contribution >= 0.6 is 0 Å². The van der Waals surface area contributed by atoms with Crippen LogP contribution in [0.3, 0.4) is 0 Å². The van der Waals surface area contributed by atoms with E-state index in [1.807, 2.05) is 13.8 Å². The topological polar surface area (TPSA) is 68.5 Å². The number of carbonyl (C=O) groups is 1. The normalized spacial score (nSPS) is 11.6. The molecule has 1 heterocycles. The fourth-order valence-corrected chi connectivity index (χ4v) is 2.71. The molecule has 3 rings (SSSR count). The second-order valence-corrected chi connectivity index (χ2v) is 6.30. The van der Waals surface area contributed by atoms with E-state index in [1.54, 1.807) is 6.07 Å². The quantitative estimate of drug-likeness (QED) is 0.646. The van der Waals surface area contributed by atoms with Crippen molar-refractivity contribution in [3.05, 3.63) is 70.1 Å². The summed E-state index contributed by atoms with van der Waals surface area (Å²) in [6.45, 7) is 3.64. The minimum absolute atomic E-state index is 0.0971. The summed E-state index contributed by atoms with van der Waals surface area (Å²) in [5.41, 5.74) is -2.19. The van der Waals surface area contributed by atoms with E-state index in [2.05, 4.69) is 5.32 Å². The highest BCUT2D eigenvalue weighted by molar-refractivity contribution is 6.12. The van der Waals surface area contributed by atoms with Crippen molar-refractivity contribution in [2.75, 3.05) is 5.32 Å². The SMILES string of the molecule is CC(C)Oc1ccc2c(C(=O)Nc3ccccc3C(F)(F)F)cc(=O)oc2c1. The zero-order chi connectivity index (χ0) is 20.5. The lowest BCUT2D eigenvalue weighted by Crippen LogP contribution is -2.18. The van der Waals surface area contributed by atoms with E-state index in [0.29, 0.717) is 5.75 Å². The third-order valence-electron chi connectivity index (χ3n) is 3.81. The number of para-hydroxylation sites is 1. The Balaban J connectivity index is 2.02. The van der Waals surface area contributed by atoms with E-state index in [1.165, 1.54) is 24.3 Å². The minimum atomic E-state index is -4.63. The molecule has 3 aromatic rings. The number of nitrogens with one attached hydrogen (secondary N) is 1. The Labute approximate surface area is 157 Å². The van der Waals surface area contributed by atoms with Crippen molar-refractivity contribution >= 4 is 22.6 Å². The molecule has 0 radical (unpaired) electrons. The maximum Gasteiger partial charge on any atom is 0.418 e. The number of anilines is 1. The minimum Gasteiger partial charge on any atom is -0.491 e. The van der Waals surface area contributed by atoms with Crippen molar-refractivity contribution in [2.45, 2.75) is 26.1 Å². The molecule has 1 amide bonds. The van der Waals surface area contributed by atoms with Crippen LogP contribution in [-0.2, 0) is 6.18 Å². The number of hydrogen-bond acceptors (Lipinski definition) is 4. The Kier molecular flexibility index (Phi) is 5.13. The second kappa shape index (κ2) is 7.38. The standard InChI is InChI=1S/C20H16F3NO4/c1-11(2)27-12-7-8-13-14(10-18(25)28-17(13)9-12)19(26)24-16-6-4-3-5-15(16)20(21,22)23/h3-11H,1-2H3,(H,24,26). The number of hydrogen-bond donors (Lipinski definition) is 1. The summed E-state index contributed by atoms with van der Waals surface area (Å²) in [4.78, 5) is 24.5. The number of benzene rings is 2. The van der Waals surface area contributed by atoms with Gasteiger partial charge in [0.25, 0.3) is 5.91 Å². The molecule has 146 valence electrons. The molecule has 8 heteroatoms. The fraction of sp³-hybridized carbons (Fsp3) is 0.200. The largest absolute Gasteiger partial charge is 0.491 e. The smallest absolute Gasteiger partial charge is 0.418 e. The van der Waals surface area contributed by atoms with E-state index >= 15 is 0 Å². The average Bonchev–Trinajstić information content (AvgIpc) is 2.59. The van der Waals surface area contributed by atoms with E-state index in [-0.39, 0.29) is 22.6 Å². The molecule has 0 aliphatic rings. The van der Waals surface area contributed by atoms with Gasteiger partial charge in [-0.05, 0) is 38.1 Å². The third kappa shape index (κ3) is 4.16. The van der Waals surface area contributed by atoms with Crippen molar-refractivity contribution in [1.29, 1.82) is 0 Å². The Morgan fingerprint density at radius 2 is 1.82 bits per heavy atom. The van der Waals surface area contributed by atoms with Gasteiger partial charge in [0.1, 0.15) is 11.3 Å². The molecule has 0 aliphatic carbocycles. The summed E-state index contributed by atoms with van der Waals surface area (Å²) < 4.78 is 50.0. The van der Waals surface area contributed by atoms with Gasteiger partial charge >= 0.3 is 11.8 Å². The lowest BCUT2D eigenvalue weighted by molar-refractivity contribution is -0.136. The highest BCUT2D eigenvalue weighted by atomic mass is 19.4. The van der Waals surface area contributed by atoms with Gasteiger partial charge < -0.3 is 14.5 Å². The molecule has 0 saturated heterocycles. The molecule has 0 atom stereocenters. The van der Waals surface area contributed by atoms with Crippen molar-refractivity contribution < 1.29 is 27.1 Å². The van der Waals surface area contributed by atoms with E-state index in [0.717, 1.165) is 18.2 Å². The van der Waals surface area contributed by atoms with E-state index in [9.17, 15) is 22.8 Å². The average molecular weight is 391 g/mol. The second-order valence-electron chi connectivity index (χ2n) is 6.30. The first kappa shape index (κ1) is 19.5. The van der Waals surface area contributed by atoms with Crippen molar-refractivity contribution in [2.24, 2.45) is 0 Å². The Hall–Kier alpha value is -3.29. The Bertz CT molecular complexity index is 1090. The first-order valence-electron chi connectivity index (χ1n) is 8.37. The molecule has 5 nitrogen and oxygen atoms in total. The zero-order valence-corrected chi connectivity index (χ0v) is 15.0. The molecule has 1 aromatic heterocycles. The maximum absolute atomic E-state index is 13.1. The first-order valence-corrected chi connectivity index (χ1v) is 8.37. The van der Waals surface area contributed by atoms with Crippen molar-refractivity contribution in [1.82, 2.24) is 0 Å². The third-order valence-corrected chi connectivity index (χ3v) is 3.81. The lowest BCUT2D eigenvalue weighted by Gasteiger charge is -2.14. The van der Waals surface area contributed by atoms with Crippen LogP contribution in [0.5, 0.6) is 5.75 Å². The van der Waals surface area contributed by atoms with Gasteiger partial charge in [-0.2, -0.15) is 13.2 Å². The Morgan fingerprint density at radius 3 is 2.50 bits per heavy atom. The summed E-state index contributed by atoms with van der Waals surface area (Å²) >= 11 is 0. The summed E-state index contributed by atoms with van der Waals surface area (Å²) in [5, 5.41) is 2.50. The van der Waals surface area contributed by atoms with Gasteiger partial charge in [-0.15, -0.1) is 0 Å². The number of ether oxygens (including phenoxy) is 1. The lowest BCUT2D eigenvalue weighted by atomic mass is 10.1. The summed E-state index contributed by atoms with van der Waals surface area (Å²) in [6.07, 6.45) is -4.75. The van der Waals surface area contributed by atoms with Crippen LogP contribution in [0, 0.1) is 0 Å². The highest BCUT2D eigenvalue weighted by Gasteiger charge is 2.33. The molecular formula is C20H16F3NO4. The number of amides is 1. The molecule has 1 N–H and O–H groups in total. The van der Waals surface area contributed by atoms with Gasteiger partial charge in [0.15, 0.2) is 0 Å². The van der Waals surface area contributed by atoms with Crippen molar-refractivity contribution in [3.8, 4) is 5.75 Å². The first-order chi connectivity index (χ1) is 13.1. The molecular weight excluding hydrogens is 375 g/mol. The van der Waals surface area contributed by atoms with Gasteiger partial charge in [0, 0.05) is 17.5 Å². The van der Waals surface area contributed by atoms with Crippen LogP contribution < -0.4 is 15.7 Å². The van der Waals surface area contributed by atoms with Crippen LogP contribution in [0.15, 0.2) is 57.7 Å². The number of carbonyl (C=O) groups excluding carboxylic acids is 1. The van der Waals surface area contributed by atoms with E-state index < -0.39 is 29.0 Å². The summed E-state index contributed by atoms with van der Waals surface area (Å²) in [5.74, 6) is -0.419. The van der Waals surface area contributed by atoms with Crippen LogP contribution in [0.4, 0.5) is 18.9 Å². The van der Waals surface area contributed by atoms with Crippen LogP contribution in [0.1, 0.15) is 29.8 Å². The van der Waals surface area contributed by atoms with Crippen LogP contribution in [-0.4, -0.2) is 12.0 Å². The molecule has 0 bridgehead atoms. The summed E-state index contributed by atoms with van der Waals surface area (Å²) in [7, 11) is 0. The Morgan fingerprint density at radius 1 is 1.11 bits per heavy atom. The van der Waals surface area contributed by atoms with Gasteiger partial charge in [0.05, 0.1) is 22.9 Å². The van der Waals surface area contributed by atoms with E-state index in [4.69, 9.17) is 9.15 Å². The molecule has 0 fully saturated rings. The molecule has 28 heavy (non-hydrogen) atoms. The predicted octanol–water partition coefficient (Wildman–Crippen LogP) is 4.85. The number of alkyl halides is 3. The zero-order valence-electron chi connectivity index (χ0n) is 15.0. The molecule has 0 saturated carbocycles. The molecule has 0 unspecified atom stereocenters. The van der Waals surface area contributed by atoms with Crippen LogP contribution in [0.2, 0.25) is 0 Å². The molecule has 2 aromatic carbocycles. The van der Waals surface area contributed by atoms with Crippen LogP contribution in [0.25, 0.3) is 11.0 Å². The maximum atomic E-state index is 13.1. The number of rotatable bonds is 4. The fourth-order valence-electron chi connectivity index (χ4n) is 2.71. The summed E-state index contributed by atoms with van der Waals surface area (Å²) in [6, 6.07) is 10.1. The monoisotopic (exact) mass is 391 g/mol. The molecule has 0 aliphatic heterocycles. The van der Waals surface area contributed by atoms with Gasteiger partial charge in [-0.25, -0.2) is 4.79 Å².